The molecule has 0 saturated heterocycles. The van der Waals surface area contributed by atoms with Crippen LogP contribution in [0.1, 0.15) is 43.0 Å². The van der Waals surface area contributed by atoms with Crippen LogP contribution in [0.25, 0.3) is 0 Å². The van der Waals surface area contributed by atoms with Crippen LogP contribution >= 0.6 is 0 Å². The molecular weight excluding hydrogens is 348 g/mol. The highest BCUT2D eigenvalue weighted by molar-refractivity contribution is 5.99. The van der Waals surface area contributed by atoms with Gasteiger partial charge >= 0.3 is 0 Å². The molecule has 4 heteroatoms. The summed E-state index contributed by atoms with van der Waals surface area (Å²) in [5, 5.41) is 0. The Labute approximate surface area is 164 Å². The number of nitrogens with zero attached hydrogens (tertiary/aromatic N) is 2. The van der Waals surface area contributed by atoms with E-state index in [0.717, 1.165) is 33.4 Å². The maximum Gasteiger partial charge on any atom is 0.254 e. The normalized spacial score (nSPS) is 15.1. The smallest absolute Gasteiger partial charge is 0.254 e. The fourth-order valence-electron chi connectivity index (χ4n) is 4.16. The molecule has 0 bridgehead atoms. The van der Waals surface area contributed by atoms with Gasteiger partial charge in [-0.3, -0.25) is 9.59 Å². The van der Waals surface area contributed by atoms with Crippen LogP contribution in [0.5, 0.6) is 0 Å². The maximum atomic E-state index is 12.7. The first-order valence-electron chi connectivity index (χ1n) is 9.52. The Morgan fingerprint density at radius 3 is 1.39 bits per heavy atom. The zero-order valence-electron chi connectivity index (χ0n) is 15.5. The van der Waals surface area contributed by atoms with Crippen LogP contribution in [0.4, 0.5) is 0 Å². The third kappa shape index (κ3) is 2.78. The van der Waals surface area contributed by atoms with Gasteiger partial charge in [-0.15, -0.1) is 0 Å². The molecule has 0 aliphatic carbocycles. The van der Waals surface area contributed by atoms with Crippen molar-refractivity contribution in [2.75, 3.05) is 0 Å². The zero-order chi connectivity index (χ0) is 19.1. The number of amides is 2. The average Bonchev–Trinajstić information content (AvgIpc) is 3.21. The van der Waals surface area contributed by atoms with Crippen LogP contribution in [0.15, 0.2) is 72.8 Å². The highest BCUT2D eigenvalue weighted by atomic mass is 16.2. The van der Waals surface area contributed by atoms with Gasteiger partial charge < -0.3 is 9.80 Å². The number of fused-ring (bicyclic) bond motifs is 2. The van der Waals surface area contributed by atoms with Crippen molar-refractivity contribution < 1.29 is 9.59 Å². The number of benzene rings is 3. The van der Waals surface area contributed by atoms with Gasteiger partial charge in [-0.25, -0.2) is 0 Å². The number of hydrogen-bond donors (Lipinski definition) is 0. The largest absolute Gasteiger partial charge is 0.330 e. The Morgan fingerprint density at radius 1 is 0.571 bits per heavy atom. The molecule has 138 valence electrons. The summed E-state index contributed by atoms with van der Waals surface area (Å²) in [5.74, 6) is 0.158. The van der Waals surface area contributed by atoms with Gasteiger partial charge in [0.15, 0.2) is 0 Å². The van der Waals surface area contributed by atoms with Crippen LogP contribution in [-0.4, -0.2) is 21.6 Å². The summed E-state index contributed by atoms with van der Waals surface area (Å²) in [5.41, 5.74) is 5.93. The van der Waals surface area contributed by atoms with Gasteiger partial charge in [0, 0.05) is 37.3 Å². The summed E-state index contributed by atoms with van der Waals surface area (Å²) >= 11 is 0. The molecule has 3 aromatic rings. The third-order valence-corrected chi connectivity index (χ3v) is 5.63. The molecule has 0 aromatic heterocycles. The number of rotatable bonds is 4. The first-order chi connectivity index (χ1) is 13.7. The Bertz CT molecular complexity index is 1000. The number of carbonyl (C=O) groups excluding carboxylic acids is 2. The Morgan fingerprint density at radius 2 is 0.964 bits per heavy atom. The van der Waals surface area contributed by atoms with Gasteiger partial charge in [0.25, 0.3) is 11.8 Å². The summed E-state index contributed by atoms with van der Waals surface area (Å²) < 4.78 is 0. The maximum absolute atomic E-state index is 12.7. The Balaban J connectivity index is 1.36. The topological polar surface area (TPSA) is 40.6 Å². The molecule has 0 atom stereocenters. The van der Waals surface area contributed by atoms with E-state index in [9.17, 15) is 9.59 Å². The summed E-state index contributed by atoms with van der Waals surface area (Å²) in [7, 11) is 0. The average molecular weight is 368 g/mol. The van der Waals surface area contributed by atoms with Gasteiger partial charge in [0.05, 0.1) is 0 Å². The monoisotopic (exact) mass is 368 g/mol. The lowest BCUT2D eigenvalue weighted by Gasteiger charge is -2.21. The van der Waals surface area contributed by atoms with E-state index in [1.807, 2.05) is 70.5 Å². The van der Waals surface area contributed by atoms with Gasteiger partial charge in [-0.05, 0) is 34.4 Å². The first kappa shape index (κ1) is 16.8. The summed E-state index contributed by atoms with van der Waals surface area (Å²) in [6, 6.07) is 23.7. The van der Waals surface area contributed by atoms with Gasteiger partial charge in [0.2, 0.25) is 0 Å². The molecule has 5 rings (SSSR count). The van der Waals surface area contributed by atoms with E-state index in [-0.39, 0.29) is 11.8 Å². The van der Waals surface area contributed by atoms with E-state index in [1.54, 1.807) is 0 Å². The van der Waals surface area contributed by atoms with Gasteiger partial charge in [-0.1, -0.05) is 60.7 Å². The van der Waals surface area contributed by atoms with Gasteiger partial charge in [-0.2, -0.15) is 0 Å². The predicted octanol–water partition coefficient (Wildman–Crippen LogP) is 4.00. The Kier molecular flexibility index (Phi) is 3.97. The SMILES string of the molecule is O=C1c2ccccc2CN1Cc1ccccc1CN1Cc2ccccc2C1=O. The molecule has 0 spiro atoms. The second-order valence-corrected chi connectivity index (χ2v) is 7.41. The molecule has 2 amide bonds. The molecular formula is C24H20N2O2. The van der Waals surface area contributed by atoms with Crippen molar-refractivity contribution in [3.63, 3.8) is 0 Å². The van der Waals surface area contributed by atoms with Crippen molar-refractivity contribution in [3.05, 3.63) is 106 Å². The van der Waals surface area contributed by atoms with Crippen molar-refractivity contribution in [1.82, 2.24) is 9.80 Å². The van der Waals surface area contributed by atoms with Crippen LogP contribution in [-0.2, 0) is 26.2 Å². The summed E-state index contributed by atoms with van der Waals surface area (Å²) in [4.78, 5) is 29.2. The van der Waals surface area contributed by atoms with Crippen molar-refractivity contribution in [3.8, 4) is 0 Å². The minimum absolute atomic E-state index is 0.0788. The quantitative estimate of drug-likeness (QED) is 0.698. The fourth-order valence-corrected chi connectivity index (χ4v) is 4.16. The van der Waals surface area contributed by atoms with Crippen molar-refractivity contribution in [1.29, 1.82) is 0 Å². The Hall–Kier alpha value is -3.40. The fraction of sp³-hybridized carbons (Fsp3) is 0.167. The molecule has 2 aliphatic heterocycles. The van der Waals surface area contributed by atoms with E-state index < -0.39 is 0 Å². The molecule has 3 aromatic carbocycles. The van der Waals surface area contributed by atoms with E-state index in [1.165, 1.54) is 0 Å². The summed E-state index contributed by atoms with van der Waals surface area (Å²) in [6.07, 6.45) is 0. The molecule has 0 saturated carbocycles. The number of hydrogen-bond acceptors (Lipinski definition) is 2. The lowest BCUT2D eigenvalue weighted by atomic mass is 10.1. The molecule has 0 N–H and O–H groups in total. The van der Waals surface area contributed by atoms with E-state index in [2.05, 4.69) is 12.1 Å². The third-order valence-electron chi connectivity index (χ3n) is 5.63. The highest BCUT2D eigenvalue weighted by Crippen LogP contribution is 2.27. The second kappa shape index (κ2) is 6.64. The number of carbonyl (C=O) groups is 2. The molecule has 0 unspecified atom stereocenters. The highest BCUT2D eigenvalue weighted by Gasteiger charge is 2.29. The van der Waals surface area contributed by atoms with E-state index in [0.29, 0.717) is 26.2 Å². The zero-order valence-corrected chi connectivity index (χ0v) is 15.5. The van der Waals surface area contributed by atoms with E-state index >= 15 is 0 Å². The van der Waals surface area contributed by atoms with E-state index in [4.69, 9.17) is 0 Å². The predicted molar refractivity (Wildman–Crippen MR) is 106 cm³/mol. The first-order valence-corrected chi connectivity index (χ1v) is 9.52. The molecule has 0 fully saturated rings. The standard InChI is InChI=1S/C24H20N2O2/c27-23-21-11-5-3-9-19(21)15-25(23)13-17-7-1-2-8-18(17)14-26-16-20-10-4-6-12-22(20)24(26)28/h1-12H,13-16H2. The lowest BCUT2D eigenvalue weighted by Crippen LogP contribution is -2.26. The molecule has 2 heterocycles. The van der Waals surface area contributed by atoms with Crippen molar-refractivity contribution >= 4 is 11.8 Å². The van der Waals surface area contributed by atoms with Crippen LogP contribution in [0.3, 0.4) is 0 Å². The minimum Gasteiger partial charge on any atom is -0.330 e. The molecule has 0 radical (unpaired) electrons. The van der Waals surface area contributed by atoms with Crippen molar-refractivity contribution in [2.24, 2.45) is 0 Å². The van der Waals surface area contributed by atoms with Gasteiger partial charge in [0.1, 0.15) is 0 Å². The van der Waals surface area contributed by atoms with Crippen LogP contribution in [0.2, 0.25) is 0 Å². The lowest BCUT2D eigenvalue weighted by molar-refractivity contribution is 0.0749. The molecule has 28 heavy (non-hydrogen) atoms. The minimum atomic E-state index is 0.0788. The summed E-state index contributed by atoms with van der Waals surface area (Å²) in [6.45, 7) is 2.38. The molecule has 4 nitrogen and oxygen atoms in total. The van der Waals surface area contributed by atoms with Crippen LogP contribution < -0.4 is 0 Å². The second-order valence-electron chi connectivity index (χ2n) is 7.41. The molecule has 2 aliphatic rings. The van der Waals surface area contributed by atoms with Crippen molar-refractivity contribution in [2.45, 2.75) is 26.2 Å². The van der Waals surface area contributed by atoms with Crippen LogP contribution in [0, 0.1) is 0 Å².